The van der Waals surface area contributed by atoms with E-state index in [0.717, 1.165) is 18.9 Å². The summed E-state index contributed by atoms with van der Waals surface area (Å²) in [5.74, 6) is -1.11. The predicted molar refractivity (Wildman–Crippen MR) is 59.1 cm³/mol. The summed E-state index contributed by atoms with van der Waals surface area (Å²) >= 11 is 0. The highest BCUT2D eigenvalue weighted by molar-refractivity contribution is 5.22. The highest BCUT2D eigenvalue weighted by Crippen LogP contribution is 2.22. The lowest BCUT2D eigenvalue weighted by atomic mass is 10.0. The second-order valence-corrected chi connectivity index (χ2v) is 3.68. The molecule has 0 aliphatic heterocycles. The average molecular weight is 229 g/mol. The maximum absolute atomic E-state index is 13.5. The van der Waals surface area contributed by atoms with Gasteiger partial charge in [-0.2, -0.15) is 0 Å². The molecule has 1 aromatic rings. The highest BCUT2D eigenvalue weighted by atomic mass is 19.1. The summed E-state index contributed by atoms with van der Waals surface area (Å²) in [6.45, 7) is 2.40. The summed E-state index contributed by atoms with van der Waals surface area (Å²) in [5, 5.41) is 11.8. The predicted octanol–water partition coefficient (Wildman–Crippen LogP) is 2.39. The monoisotopic (exact) mass is 229 g/mol. The summed E-state index contributed by atoms with van der Waals surface area (Å²) in [5.41, 5.74) is 0.455. The van der Waals surface area contributed by atoms with Gasteiger partial charge in [0.05, 0.1) is 6.61 Å². The van der Waals surface area contributed by atoms with Crippen LogP contribution in [0.5, 0.6) is 0 Å². The van der Waals surface area contributed by atoms with Crippen molar-refractivity contribution in [3.8, 4) is 0 Å². The van der Waals surface area contributed by atoms with Crippen LogP contribution in [0.1, 0.15) is 31.4 Å². The first-order valence-electron chi connectivity index (χ1n) is 5.48. The lowest BCUT2D eigenvalue weighted by Crippen LogP contribution is -2.25. The van der Waals surface area contributed by atoms with Crippen molar-refractivity contribution in [2.24, 2.45) is 0 Å². The topological polar surface area (TPSA) is 32.3 Å². The molecule has 0 aromatic heterocycles. The number of hydrogen-bond donors (Lipinski definition) is 2. The van der Waals surface area contributed by atoms with Gasteiger partial charge in [0.25, 0.3) is 0 Å². The van der Waals surface area contributed by atoms with E-state index in [0.29, 0.717) is 12.1 Å². The molecule has 0 fully saturated rings. The van der Waals surface area contributed by atoms with E-state index in [1.54, 1.807) is 0 Å². The Kier molecular flexibility index (Phi) is 5.35. The Morgan fingerprint density at radius 2 is 2.12 bits per heavy atom. The SMILES string of the molecule is CCC[C@H](NCCO)c1ccc(F)cc1F. The highest BCUT2D eigenvalue weighted by Gasteiger charge is 2.14. The first-order chi connectivity index (χ1) is 7.69. The fourth-order valence-corrected chi connectivity index (χ4v) is 1.68. The van der Waals surface area contributed by atoms with Crippen LogP contribution in [-0.4, -0.2) is 18.3 Å². The van der Waals surface area contributed by atoms with Gasteiger partial charge in [-0.15, -0.1) is 0 Å². The number of aliphatic hydroxyl groups is 1. The van der Waals surface area contributed by atoms with Crippen LogP contribution < -0.4 is 5.32 Å². The molecule has 0 heterocycles. The largest absolute Gasteiger partial charge is 0.395 e. The molecule has 0 saturated heterocycles. The third-order valence-electron chi connectivity index (χ3n) is 2.42. The van der Waals surface area contributed by atoms with E-state index in [9.17, 15) is 8.78 Å². The second kappa shape index (κ2) is 6.55. The van der Waals surface area contributed by atoms with Gasteiger partial charge in [-0.1, -0.05) is 19.4 Å². The minimum Gasteiger partial charge on any atom is -0.395 e. The molecule has 90 valence electrons. The van der Waals surface area contributed by atoms with Crippen LogP contribution in [0.15, 0.2) is 18.2 Å². The zero-order valence-corrected chi connectivity index (χ0v) is 9.34. The van der Waals surface area contributed by atoms with Crippen LogP contribution in [-0.2, 0) is 0 Å². The lowest BCUT2D eigenvalue weighted by Gasteiger charge is -2.18. The first-order valence-corrected chi connectivity index (χ1v) is 5.48. The fourth-order valence-electron chi connectivity index (χ4n) is 1.68. The summed E-state index contributed by atoms with van der Waals surface area (Å²) in [6.07, 6.45) is 1.64. The van der Waals surface area contributed by atoms with Crippen molar-refractivity contribution in [3.05, 3.63) is 35.4 Å². The van der Waals surface area contributed by atoms with Crippen LogP contribution >= 0.6 is 0 Å². The molecule has 0 radical (unpaired) electrons. The van der Waals surface area contributed by atoms with Crippen molar-refractivity contribution >= 4 is 0 Å². The Bertz CT molecular complexity index is 331. The minimum atomic E-state index is -0.571. The maximum atomic E-state index is 13.5. The Labute approximate surface area is 94.3 Å². The molecule has 2 N–H and O–H groups in total. The van der Waals surface area contributed by atoms with Gasteiger partial charge >= 0.3 is 0 Å². The van der Waals surface area contributed by atoms with Gasteiger partial charge in [0.2, 0.25) is 0 Å². The Hall–Kier alpha value is -1.00. The van der Waals surface area contributed by atoms with Crippen molar-refractivity contribution < 1.29 is 13.9 Å². The molecule has 2 nitrogen and oxygen atoms in total. The molecule has 0 saturated carbocycles. The zero-order chi connectivity index (χ0) is 12.0. The van der Waals surface area contributed by atoms with Crippen LogP contribution in [0.4, 0.5) is 8.78 Å². The van der Waals surface area contributed by atoms with Crippen LogP contribution in [0.3, 0.4) is 0 Å². The van der Waals surface area contributed by atoms with E-state index in [4.69, 9.17) is 5.11 Å². The molecule has 4 heteroatoms. The molecule has 0 bridgehead atoms. The van der Waals surface area contributed by atoms with E-state index in [-0.39, 0.29) is 12.6 Å². The molecule has 16 heavy (non-hydrogen) atoms. The molecule has 0 aliphatic rings. The third kappa shape index (κ3) is 3.54. The summed E-state index contributed by atoms with van der Waals surface area (Å²) in [7, 11) is 0. The lowest BCUT2D eigenvalue weighted by molar-refractivity contribution is 0.281. The molecule has 1 atom stereocenters. The molecular formula is C12H17F2NO. The van der Waals surface area contributed by atoms with Crippen molar-refractivity contribution in [2.45, 2.75) is 25.8 Å². The van der Waals surface area contributed by atoms with E-state index in [1.165, 1.54) is 12.1 Å². The third-order valence-corrected chi connectivity index (χ3v) is 2.42. The number of benzene rings is 1. The van der Waals surface area contributed by atoms with E-state index in [1.807, 2.05) is 6.92 Å². The van der Waals surface area contributed by atoms with Gasteiger partial charge < -0.3 is 10.4 Å². The van der Waals surface area contributed by atoms with Gasteiger partial charge in [-0.3, -0.25) is 0 Å². The molecule has 0 unspecified atom stereocenters. The minimum absolute atomic E-state index is 0.00300. The Morgan fingerprint density at radius 3 is 2.69 bits per heavy atom. The normalized spacial score (nSPS) is 12.8. The Balaban J connectivity index is 2.82. The average Bonchev–Trinajstić information content (AvgIpc) is 2.25. The first kappa shape index (κ1) is 13.1. The number of aliphatic hydroxyl groups excluding tert-OH is 1. The van der Waals surface area contributed by atoms with Crippen molar-refractivity contribution in [1.82, 2.24) is 5.32 Å². The molecule has 1 rings (SSSR count). The second-order valence-electron chi connectivity index (χ2n) is 3.68. The quantitative estimate of drug-likeness (QED) is 0.785. The summed E-state index contributed by atoms with van der Waals surface area (Å²) < 4.78 is 26.3. The van der Waals surface area contributed by atoms with Gasteiger partial charge in [0.15, 0.2) is 0 Å². The molecule has 0 amide bonds. The van der Waals surface area contributed by atoms with Crippen molar-refractivity contribution in [3.63, 3.8) is 0 Å². The zero-order valence-electron chi connectivity index (χ0n) is 9.34. The van der Waals surface area contributed by atoms with Crippen LogP contribution in [0, 0.1) is 11.6 Å². The van der Waals surface area contributed by atoms with E-state index in [2.05, 4.69) is 5.32 Å². The van der Waals surface area contributed by atoms with Gasteiger partial charge in [0, 0.05) is 24.2 Å². The van der Waals surface area contributed by atoms with Gasteiger partial charge in [-0.05, 0) is 12.5 Å². The number of hydrogen-bond acceptors (Lipinski definition) is 2. The van der Waals surface area contributed by atoms with Gasteiger partial charge in [-0.25, -0.2) is 8.78 Å². The molecule has 0 spiro atoms. The van der Waals surface area contributed by atoms with E-state index < -0.39 is 11.6 Å². The standard InChI is InChI=1S/C12H17F2NO/c1-2-3-12(15-6-7-16)10-5-4-9(13)8-11(10)14/h4-5,8,12,15-16H,2-3,6-7H2,1H3/t12-/m0/s1. The van der Waals surface area contributed by atoms with Crippen molar-refractivity contribution in [1.29, 1.82) is 0 Å². The number of halogens is 2. The number of nitrogens with one attached hydrogen (secondary N) is 1. The summed E-state index contributed by atoms with van der Waals surface area (Å²) in [6, 6.07) is 3.42. The van der Waals surface area contributed by atoms with Crippen molar-refractivity contribution in [2.75, 3.05) is 13.2 Å². The maximum Gasteiger partial charge on any atom is 0.130 e. The molecule has 1 aromatic carbocycles. The number of rotatable bonds is 6. The molecule has 0 aliphatic carbocycles. The summed E-state index contributed by atoms with van der Waals surface area (Å²) in [4.78, 5) is 0. The van der Waals surface area contributed by atoms with Gasteiger partial charge in [0.1, 0.15) is 11.6 Å². The van der Waals surface area contributed by atoms with Crippen LogP contribution in [0.25, 0.3) is 0 Å². The fraction of sp³-hybridized carbons (Fsp3) is 0.500. The smallest absolute Gasteiger partial charge is 0.130 e. The molecular weight excluding hydrogens is 212 g/mol. The van der Waals surface area contributed by atoms with E-state index >= 15 is 0 Å². The van der Waals surface area contributed by atoms with Crippen LogP contribution in [0.2, 0.25) is 0 Å². The Morgan fingerprint density at radius 1 is 1.38 bits per heavy atom.